The van der Waals surface area contributed by atoms with Gasteiger partial charge in [-0.3, -0.25) is 0 Å². The monoisotopic (exact) mass is 259 g/mol. The van der Waals surface area contributed by atoms with Gasteiger partial charge in [-0.05, 0) is 19.3 Å². The van der Waals surface area contributed by atoms with Crippen molar-refractivity contribution in [2.24, 2.45) is 0 Å². The first kappa shape index (κ1) is 15.9. The Kier molecular flexibility index (Phi) is 8.59. The number of ether oxygens (including phenoxy) is 1. The highest BCUT2D eigenvalue weighted by atomic mass is 16.5. The summed E-state index contributed by atoms with van der Waals surface area (Å²) < 4.78 is 5.43. The van der Waals surface area contributed by atoms with E-state index >= 15 is 0 Å². The number of unbranched alkanes of at least 4 members (excludes halogenated alkanes) is 3. The lowest BCUT2D eigenvalue weighted by Gasteiger charge is -2.32. The number of rotatable bonds is 9. The van der Waals surface area contributed by atoms with Crippen molar-refractivity contribution in [2.45, 2.75) is 70.1 Å². The van der Waals surface area contributed by atoms with Gasteiger partial charge in [-0.15, -0.1) is 0 Å². The van der Waals surface area contributed by atoms with Crippen molar-refractivity contribution in [2.75, 3.05) is 19.8 Å². The Hall–Kier alpha value is -0.160. The van der Waals surface area contributed by atoms with Gasteiger partial charge in [0.05, 0.1) is 19.3 Å². The molecule has 1 heterocycles. The fourth-order valence-corrected chi connectivity index (χ4v) is 2.54. The molecule has 1 aliphatic rings. The highest BCUT2D eigenvalue weighted by Gasteiger charge is 2.23. The standard InChI is InChI=1S/C14H29NO3/c1-2-3-4-5-6-13(10-16)15-12-7-8-18-14(9-12)11-17/h12-17H,2-11H2,1H3. The summed E-state index contributed by atoms with van der Waals surface area (Å²) in [5.41, 5.74) is 0. The average molecular weight is 259 g/mol. The lowest BCUT2D eigenvalue weighted by atomic mass is 10.0. The van der Waals surface area contributed by atoms with Crippen LogP contribution in [-0.4, -0.2) is 48.2 Å². The SMILES string of the molecule is CCCCCCC(CO)NC1CCOC(CO)C1. The van der Waals surface area contributed by atoms with Crippen molar-refractivity contribution in [1.82, 2.24) is 5.32 Å². The lowest BCUT2D eigenvalue weighted by molar-refractivity contribution is -0.0312. The second kappa shape index (κ2) is 9.73. The van der Waals surface area contributed by atoms with Gasteiger partial charge in [-0.25, -0.2) is 0 Å². The van der Waals surface area contributed by atoms with E-state index in [4.69, 9.17) is 9.84 Å². The van der Waals surface area contributed by atoms with Crippen molar-refractivity contribution < 1.29 is 14.9 Å². The van der Waals surface area contributed by atoms with Crippen LogP contribution >= 0.6 is 0 Å². The molecular weight excluding hydrogens is 230 g/mol. The van der Waals surface area contributed by atoms with Crippen LogP contribution in [0.15, 0.2) is 0 Å². The molecule has 1 fully saturated rings. The predicted octanol–water partition coefficient (Wildman–Crippen LogP) is 1.45. The number of aliphatic hydroxyl groups excluding tert-OH is 2. The fraction of sp³-hybridized carbons (Fsp3) is 1.00. The van der Waals surface area contributed by atoms with Crippen molar-refractivity contribution in [3.63, 3.8) is 0 Å². The third kappa shape index (κ3) is 6.14. The molecule has 1 aliphatic heterocycles. The molecule has 1 rings (SSSR count). The maximum Gasteiger partial charge on any atom is 0.0820 e. The van der Waals surface area contributed by atoms with Gasteiger partial charge in [0.25, 0.3) is 0 Å². The quantitative estimate of drug-likeness (QED) is 0.548. The normalized spacial score (nSPS) is 26.2. The minimum Gasteiger partial charge on any atom is -0.395 e. The summed E-state index contributed by atoms with van der Waals surface area (Å²) in [7, 11) is 0. The maximum absolute atomic E-state index is 9.39. The van der Waals surface area contributed by atoms with Crippen LogP contribution < -0.4 is 5.32 Å². The van der Waals surface area contributed by atoms with Gasteiger partial charge >= 0.3 is 0 Å². The van der Waals surface area contributed by atoms with Crippen LogP contribution in [0, 0.1) is 0 Å². The van der Waals surface area contributed by atoms with Crippen LogP contribution in [0.5, 0.6) is 0 Å². The Morgan fingerprint density at radius 3 is 2.78 bits per heavy atom. The Labute approximate surface area is 111 Å². The molecule has 0 spiro atoms. The number of nitrogens with one attached hydrogen (secondary N) is 1. The van der Waals surface area contributed by atoms with Crippen molar-refractivity contribution in [3.05, 3.63) is 0 Å². The molecule has 4 heteroatoms. The van der Waals surface area contributed by atoms with Crippen LogP contribution in [0.3, 0.4) is 0 Å². The van der Waals surface area contributed by atoms with Gasteiger partial charge < -0.3 is 20.3 Å². The van der Waals surface area contributed by atoms with E-state index in [0.29, 0.717) is 12.6 Å². The predicted molar refractivity (Wildman–Crippen MR) is 72.6 cm³/mol. The molecule has 0 radical (unpaired) electrons. The van der Waals surface area contributed by atoms with E-state index in [1.807, 2.05) is 0 Å². The summed E-state index contributed by atoms with van der Waals surface area (Å²) >= 11 is 0. The first-order valence-corrected chi connectivity index (χ1v) is 7.39. The van der Waals surface area contributed by atoms with Gasteiger partial charge in [-0.2, -0.15) is 0 Å². The summed E-state index contributed by atoms with van der Waals surface area (Å²) in [5, 5.41) is 22.0. The molecule has 0 aliphatic carbocycles. The summed E-state index contributed by atoms with van der Waals surface area (Å²) in [6.07, 6.45) is 7.79. The first-order valence-electron chi connectivity index (χ1n) is 7.39. The Balaban J connectivity index is 2.20. The summed E-state index contributed by atoms with van der Waals surface area (Å²) in [6.45, 7) is 3.21. The third-order valence-corrected chi connectivity index (χ3v) is 3.67. The van der Waals surface area contributed by atoms with Gasteiger partial charge in [0.2, 0.25) is 0 Å². The highest BCUT2D eigenvalue weighted by molar-refractivity contribution is 4.80. The number of aliphatic hydroxyl groups is 2. The van der Waals surface area contributed by atoms with E-state index in [2.05, 4.69) is 12.2 Å². The average Bonchev–Trinajstić information content (AvgIpc) is 2.42. The van der Waals surface area contributed by atoms with Gasteiger partial charge in [0.1, 0.15) is 0 Å². The van der Waals surface area contributed by atoms with Gasteiger partial charge in [0.15, 0.2) is 0 Å². The van der Waals surface area contributed by atoms with Crippen LogP contribution in [0.4, 0.5) is 0 Å². The Morgan fingerprint density at radius 1 is 1.28 bits per heavy atom. The molecule has 3 unspecified atom stereocenters. The highest BCUT2D eigenvalue weighted by Crippen LogP contribution is 2.15. The van der Waals surface area contributed by atoms with E-state index < -0.39 is 0 Å². The van der Waals surface area contributed by atoms with Crippen LogP contribution in [-0.2, 0) is 4.74 Å². The fourth-order valence-electron chi connectivity index (χ4n) is 2.54. The van der Waals surface area contributed by atoms with E-state index in [1.54, 1.807) is 0 Å². The topological polar surface area (TPSA) is 61.7 Å². The molecule has 1 saturated heterocycles. The molecule has 0 bridgehead atoms. The molecule has 18 heavy (non-hydrogen) atoms. The van der Waals surface area contributed by atoms with Gasteiger partial charge in [-0.1, -0.05) is 32.6 Å². The molecular formula is C14H29NO3. The lowest BCUT2D eigenvalue weighted by Crippen LogP contribution is -2.46. The van der Waals surface area contributed by atoms with E-state index in [0.717, 1.165) is 19.3 Å². The number of hydrogen-bond acceptors (Lipinski definition) is 4. The molecule has 0 aromatic heterocycles. The van der Waals surface area contributed by atoms with E-state index in [-0.39, 0.29) is 25.4 Å². The second-order valence-electron chi connectivity index (χ2n) is 5.29. The largest absolute Gasteiger partial charge is 0.395 e. The van der Waals surface area contributed by atoms with Crippen LogP contribution in [0.25, 0.3) is 0 Å². The summed E-state index contributed by atoms with van der Waals surface area (Å²) in [6, 6.07) is 0.573. The molecule has 4 nitrogen and oxygen atoms in total. The third-order valence-electron chi connectivity index (χ3n) is 3.67. The number of hydrogen-bond donors (Lipinski definition) is 3. The minimum atomic E-state index is -0.0318. The first-order chi connectivity index (χ1) is 8.80. The Morgan fingerprint density at radius 2 is 2.11 bits per heavy atom. The van der Waals surface area contributed by atoms with Crippen molar-refractivity contribution in [1.29, 1.82) is 0 Å². The van der Waals surface area contributed by atoms with E-state index in [1.165, 1.54) is 25.7 Å². The maximum atomic E-state index is 9.39. The van der Waals surface area contributed by atoms with Crippen LogP contribution in [0.1, 0.15) is 51.9 Å². The smallest absolute Gasteiger partial charge is 0.0820 e. The van der Waals surface area contributed by atoms with Gasteiger partial charge in [0, 0.05) is 18.7 Å². The second-order valence-corrected chi connectivity index (χ2v) is 5.29. The van der Waals surface area contributed by atoms with Crippen molar-refractivity contribution >= 4 is 0 Å². The molecule has 3 atom stereocenters. The van der Waals surface area contributed by atoms with Crippen LogP contribution in [0.2, 0.25) is 0 Å². The molecule has 0 aromatic carbocycles. The minimum absolute atomic E-state index is 0.0318. The molecule has 0 aromatic rings. The molecule has 0 saturated carbocycles. The van der Waals surface area contributed by atoms with E-state index in [9.17, 15) is 5.11 Å². The zero-order chi connectivity index (χ0) is 13.2. The molecule has 3 N–H and O–H groups in total. The van der Waals surface area contributed by atoms with Crippen molar-refractivity contribution in [3.8, 4) is 0 Å². The zero-order valence-corrected chi connectivity index (χ0v) is 11.6. The molecule has 0 amide bonds. The summed E-state index contributed by atoms with van der Waals surface area (Å²) in [4.78, 5) is 0. The summed E-state index contributed by atoms with van der Waals surface area (Å²) in [5.74, 6) is 0. The molecule has 108 valence electrons. The Bertz CT molecular complexity index is 201. The zero-order valence-electron chi connectivity index (χ0n) is 11.6.